The third-order valence-corrected chi connectivity index (χ3v) is 3.95. The van der Waals surface area contributed by atoms with Crippen LogP contribution in [0.1, 0.15) is 27.0 Å². The SMILES string of the molecule is Cc1ccc(C(=O)NCC(Cc2ccccc2)C(=O)O)cc1C. The maximum atomic E-state index is 12.2. The van der Waals surface area contributed by atoms with Crippen LogP contribution >= 0.6 is 0 Å². The second-order valence-electron chi connectivity index (χ2n) is 5.73. The van der Waals surface area contributed by atoms with Crippen LogP contribution in [-0.4, -0.2) is 23.5 Å². The number of carbonyl (C=O) groups is 2. The summed E-state index contributed by atoms with van der Waals surface area (Å²) in [6.45, 7) is 4.04. The number of rotatable bonds is 6. The van der Waals surface area contributed by atoms with Gasteiger partial charge in [0.15, 0.2) is 0 Å². The maximum Gasteiger partial charge on any atom is 0.308 e. The van der Waals surface area contributed by atoms with Gasteiger partial charge in [0.05, 0.1) is 5.92 Å². The molecule has 120 valence electrons. The standard InChI is InChI=1S/C19H21NO3/c1-13-8-9-16(10-14(13)2)18(21)20-12-17(19(22)23)11-15-6-4-3-5-7-15/h3-10,17H,11-12H2,1-2H3,(H,20,21)(H,22,23). The molecule has 0 radical (unpaired) electrons. The van der Waals surface area contributed by atoms with Crippen molar-refractivity contribution in [1.82, 2.24) is 5.32 Å². The first-order valence-electron chi connectivity index (χ1n) is 7.59. The van der Waals surface area contributed by atoms with Gasteiger partial charge < -0.3 is 10.4 Å². The summed E-state index contributed by atoms with van der Waals surface area (Å²) in [5.74, 6) is -1.80. The maximum absolute atomic E-state index is 12.2. The van der Waals surface area contributed by atoms with E-state index in [2.05, 4.69) is 5.32 Å². The summed E-state index contributed by atoms with van der Waals surface area (Å²) < 4.78 is 0. The Labute approximate surface area is 136 Å². The molecule has 1 amide bonds. The molecule has 2 aromatic carbocycles. The molecule has 23 heavy (non-hydrogen) atoms. The zero-order valence-electron chi connectivity index (χ0n) is 13.4. The molecule has 4 nitrogen and oxygen atoms in total. The van der Waals surface area contributed by atoms with E-state index in [9.17, 15) is 14.7 Å². The smallest absolute Gasteiger partial charge is 0.308 e. The van der Waals surface area contributed by atoms with Crippen LogP contribution in [0.15, 0.2) is 48.5 Å². The number of carboxylic acids is 1. The Balaban J connectivity index is 1.99. The number of hydrogen-bond acceptors (Lipinski definition) is 2. The summed E-state index contributed by atoms with van der Waals surface area (Å²) in [4.78, 5) is 23.6. The summed E-state index contributed by atoms with van der Waals surface area (Å²) in [7, 11) is 0. The van der Waals surface area contributed by atoms with Gasteiger partial charge in [-0.15, -0.1) is 0 Å². The van der Waals surface area contributed by atoms with E-state index in [4.69, 9.17) is 0 Å². The Kier molecular flexibility index (Phi) is 5.52. The lowest BCUT2D eigenvalue weighted by Crippen LogP contribution is -2.34. The number of amides is 1. The third-order valence-electron chi connectivity index (χ3n) is 3.95. The van der Waals surface area contributed by atoms with E-state index in [0.29, 0.717) is 12.0 Å². The van der Waals surface area contributed by atoms with Crippen molar-refractivity contribution >= 4 is 11.9 Å². The number of aryl methyl sites for hydroxylation is 2. The van der Waals surface area contributed by atoms with Crippen LogP contribution < -0.4 is 5.32 Å². The molecule has 0 aliphatic rings. The molecule has 1 unspecified atom stereocenters. The monoisotopic (exact) mass is 311 g/mol. The average molecular weight is 311 g/mol. The zero-order valence-corrected chi connectivity index (χ0v) is 13.4. The summed E-state index contributed by atoms with van der Waals surface area (Å²) in [5.41, 5.74) is 3.66. The van der Waals surface area contributed by atoms with Gasteiger partial charge in [-0.3, -0.25) is 9.59 Å². The van der Waals surface area contributed by atoms with Crippen molar-refractivity contribution in [3.63, 3.8) is 0 Å². The molecule has 2 aromatic rings. The predicted octanol–water partition coefficient (Wildman–Crippen LogP) is 2.98. The van der Waals surface area contributed by atoms with Gasteiger partial charge in [-0.1, -0.05) is 36.4 Å². The Bertz CT molecular complexity index is 695. The van der Waals surface area contributed by atoms with Gasteiger partial charge in [0.1, 0.15) is 0 Å². The van der Waals surface area contributed by atoms with Crippen molar-refractivity contribution in [2.45, 2.75) is 20.3 Å². The largest absolute Gasteiger partial charge is 0.481 e. The first-order valence-corrected chi connectivity index (χ1v) is 7.59. The van der Waals surface area contributed by atoms with Crippen molar-refractivity contribution in [3.8, 4) is 0 Å². The average Bonchev–Trinajstić information content (AvgIpc) is 2.54. The van der Waals surface area contributed by atoms with E-state index in [1.807, 2.05) is 56.3 Å². The second kappa shape index (κ2) is 7.58. The number of aliphatic carboxylic acids is 1. The summed E-state index contributed by atoms with van der Waals surface area (Å²) in [5, 5.41) is 12.1. The van der Waals surface area contributed by atoms with E-state index < -0.39 is 11.9 Å². The molecule has 2 N–H and O–H groups in total. The highest BCUT2D eigenvalue weighted by Crippen LogP contribution is 2.11. The van der Waals surface area contributed by atoms with Crippen molar-refractivity contribution in [2.24, 2.45) is 5.92 Å². The first-order chi connectivity index (χ1) is 11.0. The molecule has 0 aromatic heterocycles. The molecule has 0 aliphatic carbocycles. The zero-order chi connectivity index (χ0) is 16.8. The minimum absolute atomic E-state index is 0.107. The van der Waals surface area contributed by atoms with Gasteiger partial charge >= 0.3 is 5.97 Å². The van der Waals surface area contributed by atoms with Crippen molar-refractivity contribution < 1.29 is 14.7 Å². The lowest BCUT2D eigenvalue weighted by atomic mass is 9.99. The van der Waals surface area contributed by atoms with Gasteiger partial charge in [-0.2, -0.15) is 0 Å². The Morgan fingerprint density at radius 2 is 1.74 bits per heavy atom. The molecule has 0 aliphatic heterocycles. The highest BCUT2D eigenvalue weighted by Gasteiger charge is 2.19. The second-order valence-corrected chi connectivity index (χ2v) is 5.73. The molecule has 4 heteroatoms. The Morgan fingerprint density at radius 1 is 1.04 bits per heavy atom. The van der Waals surface area contributed by atoms with E-state index in [1.165, 1.54) is 0 Å². The quantitative estimate of drug-likeness (QED) is 0.862. The fourth-order valence-electron chi connectivity index (χ4n) is 2.35. The molecule has 2 rings (SSSR count). The molecule has 0 bridgehead atoms. The van der Waals surface area contributed by atoms with Crippen LogP contribution in [0, 0.1) is 19.8 Å². The minimum atomic E-state index is -0.908. The molecule has 0 heterocycles. The fourth-order valence-corrected chi connectivity index (χ4v) is 2.35. The van der Waals surface area contributed by atoms with Crippen molar-refractivity contribution in [1.29, 1.82) is 0 Å². The summed E-state index contributed by atoms with van der Waals surface area (Å²) in [6.07, 6.45) is 0.392. The first kappa shape index (κ1) is 16.7. The normalized spacial score (nSPS) is 11.7. The topological polar surface area (TPSA) is 66.4 Å². The summed E-state index contributed by atoms with van der Waals surface area (Å²) in [6, 6.07) is 14.9. The van der Waals surface area contributed by atoms with E-state index >= 15 is 0 Å². The van der Waals surface area contributed by atoms with Gasteiger partial charge in [0.2, 0.25) is 0 Å². The Hall–Kier alpha value is -2.62. The number of carbonyl (C=O) groups excluding carboxylic acids is 1. The number of hydrogen-bond donors (Lipinski definition) is 2. The molecule has 0 fully saturated rings. The van der Waals surface area contributed by atoms with Crippen molar-refractivity contribution in [2.75, 3.05) is 6.54 Å². The van der Waals surface area contributed by atoms with Crippen LogP contribution in [-0.2, 0) is 11.2 Å². The molecule has 0 spiro atoms. The molecular weight excluding hydrogens is 290 g/mol. The fraction of sp³-hybridized carbons (Fsp3) is 0.263. The lowest BCUT2D eigenvalue weighted by Gasteiger charge is -2.14. The van der Waals surface area contributed by atoms with Gasteiger partial charge in [0, 0.05) is 12.1 Å². The van der Waals surface area contributed by atoms with E-state index in [0.717, 1.165) is 16.7 Å². The van der Waals surface area contributed by atoms with Crippen LogP contribution in [0.25, 0.3) is 0 Å². The highest BCUT2D eigenvalue weighted by atomic mass is 16.4. The van der Waals surface area contributed by atoms with Crippen LogP contribution in [0.5, 0.6) is 0 Å². The van der Waals surface area contributed by atoms with Gasteiger partial charge in [-0.05, 0) is 49.1 Å². The molecule has 1 atom stereocenters. The van der Waals surface area contributed by atoms with Gasteiger partial charge in [-0.25, -0.2) is 0 Å². The molecule has 0 saturated carbocycles. The Morgan fingerprint density at radius 3 is 2.35 bits per heavy atom. The van der Waals surface area contributed by atoms with E-state index in [1.54, 1.807) is 6.07 Å². The predicted molar refractivity (Wildman–Crippen MR) is 89.5 cm³/mol. The van der Waals surface area contributed by atoms with Crippen LogP contribution in [0.2, 0.25) is 0 Å². The summed E-state index contributed by atoms with van der Waals surface area (Å²) >= 11 is 0. The van der Waals surface area contributed by atoms with E-state index in [-0.39, 0.29) is 12.5 Å². The molecular formula is C19H21NO3. The number of carboxylic acid groups (broad SMARTS) is 1. The number of nitrogens with one attached hydrogen (secondary N) is 1. The van der Waals surface area contributed by atoms with Crippen LogP contribution in [0.4, 0.5) is 0 Å². The van der Waals surface area contributed by atoms with Crippen LogP contribution in [0.3, 0.4) is 0 Å². The minimum Gasteiger partial charge on any atom is -0.481 e. The number of benzene rings is 2. The third kappa shape index (κ3) is 4.68. The lowest BCUT2D eigenvalue weighted by molar-refractivity contribution is -0.141. The highest BCUT2D eigenvalue weighted by molar-refractivity contribution is 5.94. The van der Waals surface area contributed by atoms with Gasteiger partial charge in [0.25, 0.3) is 5.91 Å². The molecule has 0 saturated heterocycles. The van der Waals surface area contributed by atoms with Crippen molar-refractivity contribution in [3.05, 3.63) is 70.8 Å².